The summed E-state index contributed by atoms with van der Waals surface area (Å²) >= 11 is 0. The van der Waals surface area contributed by atoms with Gasteiger partial charge < -0.3 is 20.2 Å². The molecule has 1 saturated heterocycles. The van der Waals surface area contributed by atoms with E-state index >= 15 is 0 Å². The maximum Gasteiger partial charge on any atom is 0.329 e. The SMILES string of the molecule is CN(C)C(=O)N1CCC(Nc2ccccc2)(C(=O)O)CC1. The maximum absolute atomic E-state index is 11.9. The van der Waals surface area contributed by atoms with Crippen molar-refractivity contribution in [2.75, 3.05) is 32.5 Å². The van der Waals surface area contributed by atoms with Crippen LogP contribution in [0.5, 0.6) is 0 Å². The number of hydrogen-bond acceptors (Lipinski definition) is 3. The summed E-state index contributed by atoms with van der Waals surface area (Å²) in [6.45, 7) is 0.867. The van der Waals surface area contributed by atoms with Crippen LogP contribution in [0.15, 0.2) is 30.3 Å². The number of aliphatic carboxylic acids is 1. The third kappa shape index (κ3) is 3.26. The van der Waals surface area contributed by atoms with Crippen molar-refractivity contribution in [1.29, 1.82) is 0 Å². The molecule has 6 heteroatoms. The first kappa shape index (κ1) is 15.2. The van der Waals surface area contributed by atoms with Gasteiger partial charge in [0.2, 0.25) is 0 Å². The largest absolute Gasteiger partial charge is 0.480 e. The van der Waals surface area contributed by atoms with Crippen molar-refractivity contribution < 1.29 is 14.7 Å². The minimum Gasteiger partial charge on any atom is -0.480 e. The van der Waals surface area contributed by atoms with E-state index in [4.69, 9.17) is 0 Å². The molecule has 0 spiro atoms. The number of nitrogens with zero attached hydrogens (tertiary/aromatic N) is 2. The molecule has 6 nitrogen and oxygen atoms in total. The van der Waals surface area contributed by atoms with E-state index in [-0.39, 0.29) is 6.03 Å². The zero-order chi connectivity index (χ0) is 15.5. The lowest BCUT2D eigenvalue weighted by Gasteiger charge is -2.40. The molecule has 1 fully saturated rings. The molecule has 1 aliphatic heterocycles. The summed E-state index contributed by atoms with van der Waals surface area (Å²) in [5.74, 6) is -0.872. The first-order valence-corrected chi connectivity index (χ1v) is 6.97. The minimum absolute atomic E-state index is 0.0753. The molecule has 2 rings (SSSR count). The Morgan fingerprint density at radius 1 is 1.19 bits per heavy atom. The van der Waals surface area contributed by atoms with E-state index < -0.39 is 11.5 Å². The Kier molecular flexibility index (Phi) is 4.35. The van der Waals surface area contributed by atoms with Gasteiger partial charge in [0.25, 0.3) is 0 Å². The molecule has 0 radical (unpaired) electrons. The van der Waals surface area contributed by atoms with Crippen molar-refractivity contribution in [2.45, 2.75) is 18.4 Å². The monoisotopic (exact) mass is 291 g/mol. The van der Waals surface area contributed by atoms with E-state index in [1.807, 2.05) is 30.3 Å². The lowest BCUT2D eigenvalue weighted by atomic mass is 9.87. The summed E-state index contributed by atoms with van der Waals surface area (Å²) in [6.07, 6.45) is 0.771. The van der Waals surface area contributed by atoms with Crippen LogP contribution in [0.4, 0.5) is 10.5 Å². The highest BCUT2D eigenvalue weighted by atomic mass is 16.4. The molecule has 2 amide bonds. The van der Waals surface area contributed by atoms with E-state index in [0.717, 1.165) is 5.69 Å². The van der Waals surface area contributed by atoms with E-state index in [2.05, 4.69) is 5.32 Å². The summed E-state index contributed by atoms with van der Waals surface area (Å²) in [5.41, 5.74) is -0.225. The van der Waals surface area contributed by atoms with Gasteiger partial charge in [-0.2, -0.15) is 0 Å². The fourth-order valence-electron chi connectivity index (χ4n) is 2.55. The molecule has 114 valence electrons. The smallest absolute Gasteiger partial charge is 0.329 e. The Morgan fingerprint density at radius 3 is 2.24 bits per heavy atom. The molecule has 0 saturated carbocycles. The Bertz CT molecular complexity index is 508. The van der Waals surface area contributed by atoms with Gasteiger partial charge in [0.15, 0.2) is 0 Å². The molecule has 0 aliphatic carbocycles. The molecule has 1 aromatic rings. The van der Waals surface area contributed by atoms with Gasteiger partial charge in [-0.25, -0.2) is 9.59 Å². The standard InChI is InChI=1S/C15H21N3O3/c1-17(2)14(21)18-10-8-15(9-11-18,13(19)20)16-12-6-4-3-5-7-12/h3-7,16H,8-11H2,1-2H3,(H,19,20). The fraction of sp³-hybridized carbons (Fsp3) is 0.467. The number of benzene rings is 1. The number of urea groups is 1. The van der Waals surface area contributed by atoms with Crippen molar-refractivity contribution in [2.24, 2.45) is 0 Å². The highest BCUT2D eigenvalue weighted by molar-refractivity contribution is 5.83. The summed E-state index contributed by atoms with van der Waals surface area (Å²) in [6, 6.07) is 9.24. The number of carbonyl (C=O) groups is 2. The number of likely N-dealkylation sites (tertiary alicyclic amines) is 1. The van der Waals surface area contributed by atoms with Crippen LogP contribution in [0, 0.1) is 0 Å². The number of hydrogen-bond donors (Lipinski definition) is 2. The second kappa shape index (κ2) is 6.03. The zero-order valence-corrected chi connectivity index (χ0v) is 12.4. The van der Waals surface area contributed by atoms with Crippen molar-refractivity contribution >= 4 is 17.7 Å². The third-order valence-corrected chi connectivity index (χ3v) is 3.84. The quantitative estimate of drug-likeness (QED) is 0.889. The van der Waals surface area contributed by atoms with Crippen LogP contribution in [0.1, 0.15) is 12.8 Å². The van der Waals surface area contributed by atoms with Crippen LogP contribution >= 0.6 is 0 Å². The molecule has 0 aromatic heterocycles. The summed E-state index contributed by atoms with van der Waals surface area (Å²) < 4.78 is 0. The Morgan fingerprint density at radius 2 is 1.76 bits per heavy atom. The van der Waals surface area contributed by atoms with E-state index in [1.54, 1.807) is 19.0 Å². The van der Waals surface area contributed by atoms with E-state index in [1.165, 1.54) is 4.90 Å². The van der Waals surface area contributed by atoms with Crippen LogP contribution < -0.4 is 5.32 Å². The predicted molar refractivity (Wildman–Crippen MR) is 80.3 cm³/mol. The number of anilines is 1. The molecule has 1 aromatic carbocycles. The first-order valence-electron chi connectivity index (χ1n) is 6.97. The summed E-state index contributed by atoms with van der Waals surface area (Å²) in [4.78, 5) is 26.8. The number of para-hydroxylation sites is 1. The number of nitrogens with one attached hydrogen (secondary N) is 1. The molecule has 1 aliphatic rings. The van der Waals surface area contributed by atoms with Crippen molar-refractivity contribution in [1.82, 2.24) is 9.80 Å². The van der Waals surface area contributed by atoms with Gasteiger partial charge in [0.05, 0.1) is 0 Å². The normalized spacial score (nSPS) is 17.1. The second-order valence-electron chi connectivity index (χ2n) is 5.54. The third-order valence-electron chi connectivity index (χ3n) is 3.84. The molecule has 0 atom stereocenters. The zero-order valence-electron chi connectivity index (χ0n) is 12.4. The lowest BCUT2D eigenvalue weighted by molar-refractivity contribution is -0.143. The number of rotatable bonds is 3. The maximum atomic E-state index is 11.9. The molecule has 0 bridgehead atoms. The van der Waals surface area contributed by atoms with Gasteiger partial charge >= 0.3 is 12.0 Å². The number of piperidine rings is 1. The molecule has 2 N–H and O–H groups in total. The van der Waals surface area contributed by atoms with Gasteiger partial charge in [0.1, 0.15) is 5.54 Å². The fourth-order valence-corrected chi connectivity index (χ4v) is 2.55. The number of carboxylic acids is 1. The summed E-state index contributed by atoms with van der Waals surface area (Å²) in [7, 11) is 3.40. The minimum atomic E-state index is -1.01. The Balaban J connectivity index is 2.09. The van der Waals surface area contributed by atoms with Crippen molar-refractivity contribution in [3.63, 3.8) is 0 Å². The first-order chi connectivity index (χ1) is 9.94. The van der Waals surface area contributed by atoms with Gasteiger partial charge in [-0.3, -0.25) is 0 Å². The molecule has 0 unspecified atom stereocenters. The van der Waals surface area contributed by atoms with Crippen LogP contribution in [0.25, 0.3) is 0 Å². The van der Waals surface area contributed by atoms with Crippen LogP contribution in [0.2, 0.25) is 0 Å². The van der Waals surface area contributed by atoms with Gasteiger partial charge in [-0.15, -0.1) is 0 Å². The van der Waals surface area contributed by atoms with Crippen molar-refractivity contribution in [3.05, 3.63) is 30.3 Å². The topological polar surface area (TPSA) is 72.9 Å². The highest BCUT2D eigenvalue weighted by Crippen LogP contribution is 2.27. The van der Waals surface area contributed by atoms with Crippen molar-refractivity contribution in [3.8, 4) is 0 Å². The van der Waals surface area contributed by atoms with Gasteiger partial charge in [-0.05, 0) is 25.0 Å². The molecular formula is C15H21N3O3. The van der Waals surface area contributed by atoms with Gasteiger partial charge in [0, 0.05) is 32.9 Å². The number of carboxylic acid groups (broad SMARTS) is 1. The van der Waals surface area contributed by atoms with E-state index in [0.29, 0.717) is 25.9 Å². The van der Waals surface area contributed by atoms with Crippen LogP contribution in [-0.2, 0) is 4.79 Å². The molecule has 21 heavy (non-hydrogen) atoms. The predicted octanol–water partition coefficient (Wildman–Crippen LogP) is 1.70. The van der Waals surface area contributed by atoms with E-state index in [9.17, 15) is 14.7 Å². The highest BCUT2D eigenvalue weighted by Gasteiger charge is 2.42. The average molecular weight is 291 g/mol. The molecule has 1 heterocycles. The van der Waals surface area contributed by atoms with Crippen LogP contribution in [0.3, 0.4) is 0 Å². The van der Waals surface area contributed by atoms with Gasteiger partial charge in [-0.1, -0.05) is 18.2 Å². The Labute approximate surface area is 124 Å². The lowest BCUT2D eigenvalue weighted by Crippen LogP contribution is -2.56. The number of amides is 2. The van der Waals surface area contributed by atoms with Crippen LogP contribution in [-0.4, -0.2) is 59.6 Å². The average Bonchev–Trinajstić information content (AvgIpc) is 2.48. The number of carbonyl (C=O) groups excluding carboxylic acids is 1. The molecular weight excluding hydrogens is 270 g/mol. The second-order valence-corrected chi connectivity index (χ2v) is 5.54. The summed E-state index contributed by atoms with van der Waals surface area (Å²) in [5, 5.41) is 12.7. The Hall–Kier alpha value is -2.24.